The predicted octanol–water partition coefficient (Wildman–Crippen LogP) is 2.28. The van der Waals surface area contributed by atoms with Crippen LogP contribution < -0.4 is 20.1 Å². The molecule has 2 heterocycles. The van der Waals surface area contributed by atoms with E-state index < -0.39 is 0 Å². The second kappa shape index (κ2) is 7.00. The van der Waals surface area contributed by atoms with E-state index >= 15 is 0 Å². The van der Waals surface area contributed by atoms with Crippen LogP contribution in [0.5, 0.6) is 11.5 Å². The van der Waals surface area contributed by atoms with Crippen LogP contribution in [0.25, 0.3) is 0 Å². The molecule has 2 atom stereocenters. The van der Waals surface area contributed by atoms with Crippen LogP contribution in [0.3, 0.4) is 0 Å². The maximum Gasteiger partial charge on any atom is 0.315 e. The second-order valence-electron chi connectivity index (χ2n) is 5.33. The van der Waals surface area contributed by atoms with E-state index in [2.05, 4.69) is 15.6 Å². The first-order valence-corrected chi connectivity index (χ1v) is 7.56. The Bertz CT molecular complexity index is 663. The standard InChI is InChI=1S/C17H19N3O3/c1-12(14-6-4-5-9-18-14)20-17(21)19-10-13-11-22-15-7-2-3-8-16(15)23-13/h2-9,12-13H,10-11H2,1H3,(H2,19,20,21)/t12-,13-/m1/s1. The van der Waals surface area contributed by atoms with E-state index in [0.29, 0.717) is 18.9 Å². The maximum atomic E-state index is 12.0. The van der Waals surface area contributed by atoms with Gasteiger partial charge in [0.15, 0.2) is 17.6 Å². The number of benzene rings is 1. The van der Waals surface area contributed by atoms with Crippen molar-refractivity contribution in [3.05, 3.63) is 54.4 Å². The number of carbonyl (C=O) groups is 1. The SMILES string of the molecule is C[C@@H](NC(=O)NC[C@@H]1COc2ccccc2O1)c1ccccn1. The first kappa shape index (κ1) is 15.1. The number of carbonyl (C=O) groups excluding carboxylic acids is 1. The Morgan fingerprint density at radius 1 is 1.26 bits per heavy atom. The normalized spacial score (nSPS) is 17.2. The minimum Gasteiger partial charge on any atom is -0.486 e. The third kappa shape index (κ3) is 3.91. The molecule has 120 valence electrons. The average molecular weight is 313 g/mol. The number of amides is 2. The van der Waals surface area contributed by atoms with E-state index in [0.717, 1.165) is 11.4 Å². The number of nitrogens with one attached hydrogen (secondary N) is 2. The number of hydrogen-bond donors (Lipinski definition) is 2. The van der Waals surface area contributed by atoms with Gasteiger partial charge in [0.2, 0.25) is 0 Å². The van der Waals surface area contributed by atoms with Gasteiger partial charge >= 0.3 is 6.03 Å². The second-order valence-corrected chi connectivity index (χ2v) is 5.33. The van der Waals surface area contributed by atoms with Crippen molar-refractivity contribution >= 4 is 6.03 Å². The quantitative estimate of drug-likeness (QED) is 0.908. The molecule has 6 nitrogen and oxygen atoms in total. The van der Waals surface area contributed by atoms with Crippen LogP contribution in [-0.4, -0.2) is 30.3 Å². The number of nitrogens with zero attached hydrogens (tertiary/aromatic N) is 1. The summed E-state index contributed by atoms with van der Waals surface area (Å²) >= 11 is 0. The van der Waals surface area contributed by atoms with Gasteiger partial charge in [-0.15, -0.1) is 0 Å². The van der Waals surface area contributed by atoms with Crippen molar-refractivity contribution < 1.29 is 14.3 Å². The Morgan fingerprint density at radius 3 is 2.83 bits per heavy atom. The van der Waals surface area contributed by atoms with Crippen LogP contribution in [-0.2, 0) is 0 Å². The lowest BCUT2D eigenvalue weighted by Crippen LogP contribution is -2.45. The number of aromatic nitrogens is 1. The molecule has 0 radical (unpaired) electrons. The predicted molar refractivity (Wildman–Crippen MR) is 85.5 cm³/mol. The van der Waals surface area contributed by atoms with Gasteiger partial charge in [-0.3, -0.25) is 4.98 Å². The van der Waals surface area contributed by atoms with E-state index in [-0.39, 0.29) is 18.2 Å². The Morgan fingerprint density at radius 2 is 2.04 bits per heavy atom. The number of pyridine rings is 1. The molecule has 1 aliphatic heterocycles. The summed E-state index contributed by atoms with van der Waals surface area (Å²) in [7, 11) is 0. The number of urea groups is 1. The Kier molecular flexibility index (Phi) is 4.61. The molecule has 2 aromatic rings. The van der Waals surface area contributed by atoms with Gasteiger partial charge in [-0.25, -0.2) is 4.79 Å². The highest BCUT2D eigenvalue weighted by Crippen LogP contribution is 2.30. The van der Waals surface area contributed by atoms with Gasteiger partial charge in [-0.1, -0.05) is 18.2 Å². The smallest absolute Gasteiger partial charge is 0.315 e. The van der Waals surface area contributed by atoms with Gasteiger partial charge < -0.3 is 20.1 Å². The molecule has 0 spiro atoms. The summed E-state index contributed by atoms with van der Waals surface area (Å²) in [5, 5.41) is 5.65. The van der Waals surface area contributed by atoms with Crippen molar-refractivity contribution in [3.63, 3.8) is 0 Å². The molecule has 0 saturated carbocycles. The lowest BCUT2D eigenvalue weighted by Gasteiger charge is -2.26. The van der Waals surface area contributed by atoms with Gasteiger partial charge in [-0.2, -0.15) is 0 Å². The molecule has 0 aliphatic carbocycles. The van der Waals surface area contributed by atoms with Crippen LogP contribution in [0.1, 0.15) is 18.7 Å². The van der Waals surface area contributed by atoms with Crippen LogP contribution in [0, 0.1) is 0 Å². The van der Waals surface area contributed by atoms with Crippen LogP contribution in [0.4, 0.5) is 4.79 Å². The number of fused-ring (bicyclic) bond motifs is 1. The van der Waals surface area contributed by atoms with Crippen molar-refractivity contribution in [2.75, 3.05) is 13.2 Å². The van der Waals surface area contributed by atoms with Crippen LogP contribution in [0.2, 0.25) is 0 Å². The van der Waals surface area contributed by atoms with Crippen LogP contribution in [0.15, 0.2) is 48.7 Å². The van der Waals surface area contributed by atoms with E-state index in [1.807, 2.05) is 49.4 Å². The number of ether oxygens (including phenoxy) is 2. The summed E-state index contributed by atoms with van der Waals surface area (Å²) in [6.45, 7) is 2.67. The zero-order valence-corrected chi connectivity index (χ0v) is 12.9. The molecule has 23 heavy (non-hydrogen) atoms. The summed E-state index contributed by atoms with van der Waals surface area (Å²) in [6, 6.07) is 12.7. The fourth-order valence-corrected chi connectivity index (χ4v) is 2.32. The Hall–Kier alpha value is -2.76. The molecule has 3 rings (SSSR count). The van der Waals surface area contributed by atoms with Gasteiger partial charge in [0.05, 0.1) is 18.3 Å². The third-order valence-corrected chi connectivity index (χ3v) is 3.54. The lowest BCUT2D eigenvalue weighted by atomic mass is 10.2. The summed E-state index contributed by atoms with van der Waals surface area (Å²) in [5.74, 6) is 1.43. The van der Waals surface area contributed by atoms with Crippen molar-refractivity contribution in [2.24, 2.45) is 0 Å². The molecule has 6 heteroatoms. The van der Waals surface area contributed by atoms with Crippen molar-refractivity contribution in [1.82, 2.24) is 15.6 Å². The summed E-state index contributed by atoms with van der Waals surface area (Å²) in [5.41, 5.74) is 0.814. The maximum absolute atomic E-state index is 12.0. The third-order valence-electron chi connectivity index (χ3n) is 3.54. The first-order chi connectivity index (χ1) is 11.2. The van der Waals surface area contributed by atoms with E-state index in [4.69, 9.17) is 9.47 Å². The van der Waals surface area contributed by atoms with Gasteiger partial charge in [0.25, 0.3) is 0 Å². The van der Waals surface area contributed by atoms with Gasteiger partial charge in [0, 0.05) is 6.20 Å². The van der Waals surface area contributed by atoms with Gasteiger partial charge in [-0.05, 0) is 31.2 Å². The van der Waals surface area contributed by atoms with Crippen molar-refractivity contribution in [2.45, 2.75) is 19.1 Å². The zero-order valence-electron chi connectivity index (χ0n) is 12.9. The molecule has 2 N–H and O–H groups in total. The summed E-state index contributed by atoms with van der Waals surface area (Å²) in [6.07, 6.45) is 1.50. The monoisotopic (exact) mass is 313 g/mol. The van der Waals surface area contributed by atoms with E-state index in [1.54, 1.807) is 6.20 Å². The van der Waals surface area contributed by atoms with Gasteiger partial charge in [0.1, 0.15) is 6.61 Å². The lowest BCUT2D eigenvalue weighted by molar-refractivity contribution is 0.0917. The van der Waals surface area contributed by atoms with Crippen LogP contribution >= 0.6 is 0 Å². The Balaban J connectivity index is 1.47. The fraction of sp³-hybridized carbons (Fsp3) is 0.294. The average Bonchev–Trinajstić information content (AvgIpc) is 2.60. The highest BCUT2D eigenvalue weighted by molar-refractivity contribution is 5.74. The molecule has 0 fully saturated rings. The highest BCUT2D eigenvalue weighted by atomic mass is 16.6. The molecule has 1 aliphatic rings. The number of hydrogen-bond acceptors (Lipinski definition) is 4. The molecule has 1 aromatic heterocycles. The molecule has 0 unspecified atom stereocenters. The number of rotatable bonds is 4. The van der Waals surface area contributed by atoms with E-state index in [1.165, 1.54) is 0 Å². The first-order valence-electron chi connectivity index (χ1n) is 7.56. The van der Waals surface area contributed by atoms with Crippen molar-refractivity contribution in [3.8, 4) is 11.5 Å². The fourth-order valence-electron chi connectivity index (χ4n) is 2.32. The zero-order chi connectivity index (χ0) is 16.1. The number of para-hydroxylation sites is 2. The Labute approximate surface area is 134 Å². The molecular formula is C17H19N3O3. The molecule has 2 amide bonds. The molecule has 0 bridgehead atoms. The molecular weight excluding hydrogens is 294 g/mol. The molecule has 0 saturated heterocycles. The van der Waals surface area contributed by atoms with Crippen molar-refractivity contribution in [1.29, 1.82) is 0 Å². The minimum absolute atomic E-state index is 0.166. The van der Waals surface area contributed by atoms with E-state index in [9.17, 15) is 4.79 Å². The molecule has 1 aromatic carbocycles. The topological polar surface area (TPSA) is 72.5 Å². The largest absolute Gasteiger partial charge is 0.486 e. The minimum atomic E-state index is -0.259. The summed E-state index contributed by atoms with van der Waals surface area (Å²) < 4.78 is 11.4. The summed E-state index contributed by atoms with van der Waals surface area (Å²) in [4.78, 5) is 16.2. The highest BCUT2D eigenvalue weighted by Gasteiger charge is 2.21.